The summed E-state index contributed by atoms with van der Waals surface area (Å²) in [6.07, 6.45) is 1.47. The van der Waals surface area contributed by atoms with Gasteiger partial charge in [0.25, 0.3) is 5.91 Å². The first-order valence-electron chi connectivity index (χ1n) is 9.45. The maximum absolute atomic E-state index is 12.7. The zero-order valence-electron chi connectivity index (χ0n) is 15.8. The molecule has 2 saturated heterocycles. The summed E-state index contributed by atoms with van der Waals surface area (Å²) in [6, 6.07) is 10.2. The number of rotatable bonds is 4. The monoisotopic (exact) mass is 416 g/mol. The average molecular weight is 417 g/mol. The highest BCUT2D eigenvalue weighted by molar-refractivity contribution is 6.30. The van der Waals surface area contributed by atoms with E-state index in [1.54, 1.807) is 56.0 Å². The number of carbonyl (C=O) groups excluding carboxylic acids is 3. The van der Waals surface area contributed by atoms with Gasteiger partial charge in [-0.05, 0) is 36.4 Å². The molecule has 2 aliphatic heterocycles. The van der Waals surface area contributed by atoms with E-state index >= 15 is 0 Å². The number of anilines is 1. The van der Waals surface area contributed by atoms with Crippen LogP contribution in [0.15, 0.2) is 47.1 Å². The van der Waals surface area contributed by atoms with Gasteiger partial charge in [0.2, 0.25) is 5.91 Å². The number of benzene rings is 1. The third-order valence-corrected chi connectivity index (χ3v) is 5.46. The fourth-order valence-electron chi connectivity index (χ4n) is 3.57. The molecule has 29 heavy (non-hydrogen) atoms. The van der Waals surface area contributed by atoms with Gasteiger partial charge in [0.1, 0.15) is 6.54 Å². The number of amides is 4. The van der Waals surface area contributed by atoms with Crippen LogP contribution in [0.2, 0.25) is 5.02 Å². The van der Waals surface area contributed by atoms with Gasteiger partial charge in [-0.1, -0.05) is 11.6 Å². The second-order valence-electron chi connectivity index (χ2n) is 6.98. The number of piperazine rings is 1. The Labute approximate surface area is 173 Å². The Bertz CT molecular complexity index is 892. The van der Waals surface area contributed by atoms with Crippen LogP contribution in [-0.4, -0.2) is 78.4 Å². The molecule has 152 valence electrons. The first-order chi connectivity index (χ1) is 14.0. The third kappa shape index (κ3) is 4.07. The van der Waals surface area contributed by atoms with Crippen LogP contribution in [0.3, 0.4) is 0 Å². The summed E-state index contributed by atoms with van der Waals surface area (Å²) in [5.74, 6) is 0.0200. The minimum absolute atomic E-state index is 0.0368. The lowest BCUT2D eigenvalue weighted by Gasteiger charge is -2.35. The predicted octanol–water partition coefficient (Wildman–Crippen LogP) is 2.16. The van der Waals surface area contributed by atoms with Crippen molar-refractivity contribution >= 4 is 35.1 Å². The highest BCUT2D eigenvalue weighted by Gasteiger charge is 2.33. The zero-order valence-corrected chi connectivity index (χ0v) is 16.5. The summed E-state index contributed by atoms with van der Waals surface area (Å²) in [4.78, 5) is 44.2. The van der Waals surface area contributed by atoms with Crippen molar-refractivity contribution in [3.8, 4) is 0 Å². The Morgan fingerprint density at radius 3 is 2.28 bits per heavy atom. The fraction of sp³-hybridized carbons (Fsp3) is 0.350. The van der Waals surface area contributed by atoms with E-state index in [4.69, 9.17) is 16.0 Å². The first-order valence-corrected chi connectivity index (χ1v) is 9.83. The molecule has 1 aromatic carbocycles. The summed E-state index contributed by atoms with van der Waals surface area (Å²) in [6.45, 7) is 2.81. The topological polar surface area (TPSA) is 77.3 Å². The Balaban J connectivity index is 1.29. The van der Waals surface area contributed by atoms with Gasteiger partial charge in [-0.25, -0.2) is 4.79 Å². The molecule has 4 rings (SSSR count). The Hall–Kier alpha value is -3.00. The molecule has 0 N–H and O–H groups in total. The van der Waals surface area contributed by atoms with Crippen LogP contribution in [-0.2, 0) is 4.79 Å². The van der Waals surface area contributed by atoms with Gasteiger partial charge in [0.15, 0.2) is 5.76 Å². The van der Waals surface area contributed by atoms with Crippen LogP contribution in [0.1, 0.15) is 10.6 Å². The van der Waals surface area contributed by atoms with Gasteiger partial charge in [-0.2, -0.15) is 0 Å². The molecule has 0 bridgehead atoms. The highest BCUT2D eigenvalue weighted by Crippen LogP contribution is 2.22. The van der Waals surface area contributed by atoms with Gasteiger partial charge in [-0.3, -0.25) is 14.5 Å². The van der Waals surface area contributed by atoms with Crippen molar-refractivity contribution in [3.05, 3.63) is 53.4 Å². The number of hydrogen-bond donors (Lipinski definition) is 0. The van der Waals surface area contributed by atoms with E-state index in [-0.39, 0.29) is 24.4 Å². The second-order valence-corrected chi connectivity index (χ2v) is 7.42. The summed E-state index contributed by atoms with van der Waals surface area (Å²) in [5, 5.41) is 0.608. The molecular weight excluding hydrogens is 396 g/mol. The molecule has 0 atom stereocenters. The van der Waals surface area contributed by atoms with Crippen molar-refractivity contribution in [3.63, 3.8) is 0 Å². The molecule has 0 radical (unpaired) electrons. The van der Waals surface area contributed by atoms with Crippen molar-refractivity contribution < 1.29 is 18.8 Å². The van der Waals surface area contributed by atoms with Crippen molar-refractivity contribution in [1.29, 1.82) is 0 Å². The quantitative estimate of drug-likeness (QED) is 0.765. The van der Waals surface area contributed by atoms with E-state index in [9.17, 15) is 14.4 Å². The maximum atomic E-state index is 12.7. The summed E-state index contributed by atoms with van der Waals surface area (Å²) < 4.78 is 5.15. The number of carbonyl (C=O) groups is 3. The lowest BCUT2D eigenvalue weighted by Crippen LogP contribution is -2.52. The van der Waals surface area contributed by atoms with Gasteiger partial charge < -0.3 is 19.1 Å². The largest absolute Gasteiger partial charge is 0.459 e. The Kier molecular flexibility index (Phi) is 5.44. The standard InChI is InChI=1S/C20H21ClN4O4/c21-15-3-5-16(6-4-15)25-12-11-24(20(25)28)14-18(26)22-7-9-23(10-8-22)19(27)17-2-1-13-29-17/h1-6,13H,7-12,14H2. The molecule has 2 aliphatic rings. The number of halogens is 1. The predicted molar refractivity (Wildman–Crippen MR) is 107 cm³/mol. The molecule has 3 heterocycles. The van der Waals surface area contributed by atoms with Gasteiger partial charge in [-0.15, -0.1) is 0 Å². The van der Waals surface area contributed by atoms with Crippen molar-refractivity contribution in [1.82, 2.24) is 14.7 Å². The van der Waals surface area contributed by atoms with Crippen molar-refractivity contribution in [2.45, 2.75) is 0 Å². The smallest absolute Gasteiger partial charge is 0.325 e. The molecule has 2 aromatic rings. The first kappa shape index (κ1) is 19.3. The summed E-state index contributed by atoms with van der Waals surface area (Å²) in [5.41, 5.74) is 0.763. The van der Waals surface area contributed by atoms with Crippen LogP contribution in [0, 0.1) is 0 Å². The lowest BCUT2D eigenvalue weighted by atomic mass is 10.2. The van der Waals surface area contributed by atoms with E-state index in [1.807, 2.05) is 0 Å². The highest BCUT2D eigenvalue weighted by atomic mass is 35.5. The van der Waals surface area contributed by atoms with Gasteiger partial charge in [0, 0.05) is 50.0 Å². The van der Waals surface area contributed by atoms with Crippen LogP contribution in [0.5, 0.6) is 0 Å². The number of nitrogens with zero attached hydrogens (tertiary/aromatic N) is 4. The Morgan fingerprint density at radius 2 is 1.62 bits per heavy atom. The number of hydrogen-bond acceptors (Lipinski definition) is 4. The minimum atomic E-state index is -0.188. The molecule has 0 aliphatic carbocycles. The van der Waals surface area contributed by atoms with Crippen LogP contribution in [0.4, 0.5) is 10.5 Å². The summed E-state index contributed by atoms with van der Waals surface area (Å²) in [7, 11) is 0. The van der Waals surface area contributed by atoms with E-state index in [2.05, 4.69) is 0 Å². The van der Waals surface area contributed by atoms with Crippen LogP contribution in [0.25, 0.3) is 0 Å². The van der Waals surface area contributed by atoms with Crippen LogP contribution < -0.4 is 4.90 Å². The Morgan fingerprint density at radius 1 is 0.931 bits per heavy atom. The molecule has 2 fully saturated rings. The SMILES string of the molecule is O=C(CN1CCN(c2ccc(Cl)cc2)C1=O)N1CCN(C(=O)c2ccco2)CC1. The normalized spacial score (nSPS) is 17.2. The average Bonchev–Trinajstić information content (AvgIpc) is 3.39. The lowest BCUT2D eigenvalue weighted by molar-refractivity contribution is -0.133. The number of furan rings is 1. The molecule has 0 spiro atoms. The fourth-order valence-corrected chi connectivity index (χ4v) is 3.69. The van der Waals surface area contributed by atoms with E-state index in [0.29, 0.717) is 50.1 Å². The third-order valence-electron chi connectivity index (χ3n) is 5.21. The van der Waals surface area contributed by atoms with E-state index in [1.165, 1.54) is 6.26 Å². The summed E-state index contributed by atoms with van der Waals surface area (Å²) >= 11 is 5.90. The minimum Gasteiger partial charge on any atom is -0.459 e. The van der Waals surface area contributed by atoms with Gasteiger partial charge in [0.05, 0.1) is 6.26 Å². The zero-order chi connectivity index (χ0) is 20.4. The van der Waals surface area contributed by atoms with Crippen LogP contribution >= 0.6 is 11.6 Å². The molecular formula is C20H21ClN4O4. The second kappa shape index (κ2) is 8.16. The van der Waals surface area contributed by atoms with E-state index in [0.717, 1.165) is 5.69 Å². The molecule has 0 unspecified atom stereocenters. The molecule has 0 saturated carbocycles. The van der Waals surface area contributed by atoms with Crippen molar-refractivity contribution in [2.75, 3.05) is 50.7 Å². The van der Waals surface area contributed by atoms with E-state index < -0.39 is 0 Å². The van der Waals surface area contributed by atoms with Crippen molar-refractivity contribution in [2.24, 2.45) is 0 Å². The maximum Gasteiger partial charge on any atom is 0.325 e. The molecule has 1 aromatic heterocycles. The molecule has 4 amide bonds. The molecule has 9 heteroatoms. The molecule has 8 nitrogen and oxygen atoms in total. The van der Waals surface area contributed by atoms with Gasteiger partial charge >= 0.3 is 6.03 Å². The number of urea groups is 1.